The van der Waals surface area contributed by atoms with Crippen molar-refractivity contribution in [1.82, 2.24) is 0 Å². The van der Waals surface area contributed by atoms with E-state index in [0.29, 0.717) is 0 Å². The number of nitriles is 1. The van der Waals surface area contributed by atoms with Gasteiger partial charge in [0.1, 0.15) is 0 Å². The Hall–Kier alpha value is -1.81. The van der Waals surface area contributed by atoms with E-state index in [1.54, 1.807) is 0 Å². The molecular weight excluding hydrogens is 158 g/mol. The second kappa shape index (κ2) is 4.95. The Kier molecular flexibility index (Phi) is 3.53. The van der Waals surface area contributed by atoms with Gasteiger partial charge in [-0.25, -0.2) is 0 Å². The van der Waals surface area contributed by atoms with E-state index in [-0.39, 0.29) is 5.92 Å². The Morgan fingerprint density at radius 2 is 2.00 bits per heavy atom. The van der Waals surface area contributed by atoms with Crippen molar-refractivity contribution in [3.05, 3.63) is 60.7 Å². The van der Waals surface area contributed by atoms with Crippen molar-refractivity contribution in [2.45, 2.75) is 5.92 Å². The van der Waals surface area contributed by atoms with Crippen LogP contribution in [-0.2, 0) is 0 Å². The standard InChI is InChI=1S/C12H11N/c1-2-11(9-6-10-13)12-7-4-3-5-8-12/h2-9,11H,1H2. The van der Waals surface area contributed by atoms with Gasteiger partial charge < -0.3 is 0 Å². The van der Waals surface area contributed by atoms with Crippen molar-refractivity contribution in [3.63, 3.8) is 0 Å². The molecule has 0 bridgehead atoms. The molecular formula is C12H11N. The number of hydrogen-bond donors (Lipinski definition) is 0. The van der Waals surface area contributed by atoms with Crippen LogP contribution in [0.2, 0.25) is 0 Å². The van der Waals surface area contributed by atoms with Crippen LogP contribution in [0.5, 0.6) is 0 Å². The van der Waals surface area contributed by atoms with E-state index >= 15 is 0 Å². The molecule has 0 aromatic heterocycles. The van der Waals surface area contributed by atoms with Gasteiger partial charge in [-0.1, -0.05) is 42.5 Å². The number of hydrogen-bond acceptors (Lipinski definition) is 1. The zero-order valence-electron chi connectivity index (χ0n) is 7.35. The Morgan fingerprint density at radius 3 is 2.54 bits per heavy atom. The molecule has 1 heteroatoms. The van der Waals surface area contributed by atoms with Crippen LogP contribution in [0.3, 0.4) is 0 Å². The van der Waals surface area contributed by atoms with Crippen molar-refractivity contribution in [3.8, 4) is 6.07 Å². The summed E-state index contributed by atoms with van der Waals surface area (Å²) in [5.41, 5.74) is 1.16. The maximum Gasteiger partial charge on any atom is 0.0909 e. The number of allylic oxidation sites excluding steroid dienone is 3. The lowest BCUT2D eigenvalue weighted by Gasteiger charge is -2.05. The first-order chi connectivity index (χ1) is 6.38. The Balaban J connectivity index is 2.86. The number of rotatable bonds is 3. The topological polar surface area (TPSA) is 23.8 Å². The van der Waals surface area contributed by atoms with Crippen LogP contribution in [0, 0.1) is 11.3 Å². The fourth-order valence-electron chi connectivity index (χ4n) is 1.15. The molecule has 0 aliphatic rings. The molecule has 1 rings (SSSR count). The largest absolute Gasteiger partial charge is 0.193 e. The van der Waals surface area contributed by atoms with Gasteiger partial charge >= 0.3 is 0 Å². The maximum atomic E-state index is 8.39. The van der Waals surface area contributed by atoms with Crippen molar-refractivity contribution in [2.75, 3.05) is 0 Å². The van der Waals surface area contributed by atoms with E-state index in [2.05, 4.69) is 6.58 Å². The van der Waals surface area contributed by atoms with Crippen LogP contribution >= 0.6 is 0 Å². The summed E-state index contributed by atoms with van der Waals surface area (Å²) in [7, 11) is 0. The highest BCUT2D eigenvalue weighted by Crippen LogP contribution is 2.17. The summed E-state index contributed by atoms with van der Waals surface area (Å²) in [5, 5.41) is 8.39. The molecule has 1 aromatic carbocycles. The molecule has 0 aliphatic heterocycles. The third kappa shape index (κ3) is 2.61. The quantitative estimate of drug-likeness (QED) is 0.504. The van der Waals surface area contributed by atoms with Gasteiger partial charge in [0.15, 0.2) is 0 Å². The molecule has 0 heterocycles. The van der Waals surface area contributed by atoms with Crippen LogP contribution in [0.4, 0.5) is 0 Å². The Labute approximate surface area is 78.6 Å². The fourth-order valence-corrected chi connectivity index (χ4v) is 1.15. The van der Waals surface area contributed by atoms with Gasteiger partial charge in [-0.3, -0.25) is 0 Å². The Morgan fingerprint density at radius 1 is 1.31 bits per heavy atom. The first-order valence-corrected chi connectivity index (χ1v) is 4.12. The zero-order chi connectivity index (χ0) is 9.52. The minimum Gasteiger partial charge on any atom is -0.193 e. The maximum absolute atomic E-state index is 8.39. The minimum absolute atomic E-state index is 0.140. The lowest BCUT2D eigenvalue weighted by atomic mass is 9.99. The number of benzene rings is 1. The molecule has 13 heavy (non-hydrogen) atoms. The zero-order valence-corrected chi connectivity index (χ0v) is 7.35. The monoisotopic (exact) mass is 169 g/mol. The van der Waals surface area contributed by atoms with Crippen molar-refractivity contribution in [2.24, 2.45) is 0 Å². The van der Waals surface area contributed by atoms with Crippen molar-refractivity contribution < 1.29 is 0 Å². The van der Waals surface area contributed by atoms with Gasteiger partial charge in [-0.05, 0) is 5.56 Å². The molecule has 0 saturated heterocycles. The van der Waals surface area contributed by atoms with Gasteiger partial charge in [0.2, 0.25) is 0 Å². The smallest absolute Gasteiger partial charge is 0.0909 e. The first kappa shape index (κ1) is 9.28. The minimum atomic E-state index is 0.140. The molecule has 0 fully saturated rings. The van der Waals surface area contributed by atoms with E-state index in [9.17, 15) is 0 Å². The third-order valence-electron chi connectivity index (χ3n) is 1.82. The van der Waals surface area contributed by atoms with Gasteiger partial charge in [0, 0.05) is 12.0 Å². The SMILES string of the molecule is C=CC(C=CC#N)c1ccccc1. The molecule has 64 valence electrons. The predicted octanol–water partition coefficient (Wildman–Crippen LogP) is 3.04. The van der Waals surface area contributed by atoms with Gasteiger partial charge in [-0.15, -0.1) is 6.58 Å². The van der Waals surface area contributed by atoms with Crippen molar-refractivity contribution >= 4 is 0 Å². The molecule has 1 unspecified atom stereocenters. The molecule has 0 N–H and O–H groups in total. The normalized spacial score (nSPS) is 12.2. The molecule has 0 saturated carbocycles. The molecule has 1 aromatic rings. The molecule has 1 atom stereocenters. The molecule has 0 amide bonds. The summed E-state index contributed by atoms with van der Waals surface area (Å²) >= 11 is 0. The predicted molar refractivity (Wildman–Crippen MR) is 54.1 cm³/mol. The molecule has 1 nitrogen and oxygen atoms in total. The van der Waals surface area contributed by atoms with Gasteiger partial charge in [0.25, 0.3) is 0 Å². The summed E-state index contributed by atoms with van der Waals surface area (Å²) in [4.78, 5) is 0. The first-order valence-electron chi connectivity index (χ1n) is 4.12. The summed E-state index contributed by atoms with van der Waals surface area (Å²) in [6.45, 7) is 3.73. The van der Waals surface area contributed by atoms with Crippen LogP contribution in [0.1, 0.15) is 11.5 Å². The van der Waals surface area contributed by atoms with E-state index < -0.39 is 0 Å². The summed E-state index contributed by atoms with van der Waals surface area (Å²) in [5.74, 6) is 0.140. The van der Waals surface area contributed by atoms with Crippen LogP contribution in [0.25, 0.3) is 0 Å². The summed E-state index contributed by atoms with van der Waals surface area (Å²) < 4.78 is 0. The molecule has 0 aliphatic carbocycles. The number of nitrogens with zero attached hydrogens (tertiary/aromatic N) is 1. The Bertz CT molecular complexity index is 330. The van der Waals surface area contributed by atoms with Crippen molar-refractivity contribution in [1.29, 1.82) is 5.26 Å². The third-order valence-corrected chi connectivity index (χ3v) is 1.82. The van der Waals surface area contributed by atoms with Crippen LogP contribution < -0.4 is 0 Å². The van der Waals surface area contributed by atoms with Gasteiger partial charge in [-0.2, -0.15) is 5.26 Å². The highest BCUT2D eigenvalue weighted by Gasteiger charge is 2.00. The summed E-state index contributed by atoms with van der Waals surface area (Å²) in [6.07, 6.45) is 5.14. The lowest BCUT2D eigenvalue weighted by molar-refractivity contribution is 1.09. The fraction of sp³-hybridized carbons (Fsp3) is 0.0833. The van der Waals surface area contributed by atoms with Crippen LogP contribution in [0.15, 0.2) is 55.1 Å². The van der Waals surface area contributed by atoms with Crippen LogP contribution in [-0.4, -0.2) is 0 Å². The van der Waals surface area contributed by atoms with E-state index in [1.807, 2.05) is 48.6 Å². The van der Waals surface area contributed by atoms with E-state index in [1.165, 1.54) is 6.08 Å². The average molecular weight is 169 g/mol. The summed E-state index contributed by atoms with van der Waals surface area (Å²) in [6, 6.07) is 11.9. The molecule has 0 spiro atoms. The van der Waals surface area contributed by atoms with Gasteiger partial charge in [0.05, 0.1) is 6.07 Å². The molecule has 0 radical (unpaired) electrons. The van der Waals surface area contributed by atoms with E-state index in [0.717, 1.165) is 5.56 Å². The van der Waals surface area contributed by atoms with E-state index in [4.69, 9.17) is 5.26 Å². The average Bonchev–Trinajstić information content (AvgIpc) is 2.21. The second-order valence-corrected chi connectivity index (χ2v) is 2.66. The highest BCUT2D eigenvalue weighted by atomic mass is 14.2. The highest BCUT2D eigenvalue weighted by molar-refractivity contribution is 5.29. The lowest BCUT2D eigenvalue weighted by Crippen LogP contribution is -1.88. The second-order valence-electron chi connectivity index (χ2n) is 2.66.